The average molecular weight is 163 g/mol. The van der Waals surface area contributed by atoms with Gasteiger partial charge in [-0.05, 0) is 13.8 Å². The summed E-state index contributed by atoms with van der Waals surface area (Å²) in [4.78, 5) is 3.55. The molecule has 0 saturated carbocycles. The fourth-order valence-electron chi connectivity index (χ4n) is 0.367. The molecular formula is C7H11F2NO. The Balaban J connectivity index is 3.38. The molecule has 0 atom stereocenters. The third kappa shape index (κ3) is 9.07. The van der Waals surface area contributed by atoms with Crippen molar-refractivity contribution < 1.29 is 13.5 Å². The summed E-state index contributed by atoms with van der Waals surface area (Å²) in [6.45, 7) is 1.42. The van der Waals surface area contributed by atoms with E-state index in [9.17, 15) is 8.78 Å². The summed E-state index contributed by atoms with van der Waals surface area (Å²) in [5, 5.41) is 0. The quantitative estimate of drug-likeness (QED) is 0.354. The lowest BCUT2D eigenvalue weighted by molar-refractivity contribution is -0.0552. The van der Waals surface area contributed by atoms with Gasteiger partial charge in [0, 0.05) is 0 Å². The molecule has 0 radical (unpaired) electrons. The minimum atomic E-state index is -2.77. The smallest absolute Gasteiger partial charge is 0.388 e. The first-order chi connectivity index (χ1) is 5.13. The number of halogens is 2. The summed E-state index contributed by atoms with van der Waals surface area (Å²) in [6.07, 6.45) is 2.58. The van der Waals surface area contributed by atoms with Crippen LogP contribution in [-0.4, -0.2) is 19.6 Å². The van der Waals surface area contributed by atoms with Gasteiger partial charge in [0.05, 0.1) is 6.54 Å². The fourth-order valence-corrected chi connectivity index (χ4v) is 0.367. The Labute approximate surface area is 64.6 Å². The van der Waals surface area contributed by atoms with E-state index in [1.165, 1.54) is 0 Å². The molecule has 0 aliphatic rings. The van der Waals surface area contributed by atoms with E-state index in [2.05, 4.69) is 9.73 Å². The van der Waals surface area contributed by atoms with Crippen molar-refractivity contribution >= 4 is 6.40 Å². The van der Waals surface area contributed by atoms with Gasteiger partial charge in [0.25, 0.3) is 0 Å². The molecule has 0 spiro atoms. The molecule has 0 amide bonds. The third-order valence-electron chi connectivity index (χ3n) is 0.843. The lowest BCUT2D eigenvalue weighted by atomic mass is 10.3. The first-order valence-electron chi connectivity index (χ1n) is 3.18. The van der Waals surface area contributed by atoms with Crippen molar-refractivity contribution in [3.8, 4) is 0 Å². The van der Waals surface area contributed by atoms with Crippen molar-refractivity contribution in [3.63, 3.8) is 0 Å². The van der Waals surface area contributed by atoms with Gasteiger partial charge < -0.3 is 4.74 Å². The number of nitrogens with zero attached hydrogens (tertiary/aromatic N) is 1. The SMILES string of the molecule is CC(C)=CCN=COC(F)F. The molecule has 0 aromatic heterocycles. The molecule has 0 rings (SSSR count). The van der Waals surface area contributed by atoms with Gasteiger partial charge in [-0.2, -0.15) is 8.78 Å². The number of hydrogen-bond donors (Lipinski definition) is 0. The second-order valence-corrected chi connectivity index (χ2v) is 2.15. The maximum Gasteiger partial charge on any atom is 0.388 e. The second kappa shape index (κ2) is 5.82. The highest BCUT2D eigenvalue weighted by Gasteiger charge is 1.95. The van der Waals surface area contributed by atoms with Crippen LogP contribution >= 0.6 is 0 Å². The van der Waals surface area contributed by atoms with Crippen LogP contribution in [0.4, 0.5) is 8.78 Å². The van der Waals surface area contributed by atoms with E-state index >= 15 is 0 Å². The predicted octanol–water partition coefficient (Wildman–Crippen LogP) is 2.22. The van der Waals surface area contributed by atoms with Crippen LogP contribution in [0.25, 0.3) is 0 Å². The summed E-state index contributed by atoms with van der Waals surface area (Å²) in [5.74, 6) is 0. The summed E-state index contributed by atoms with van der Waals surface area (Å²) in [5.41, 5.74) is 1.10. The number of hydrogen-bond acceptors (Lipinski definition) is 2. The van der Waals surface area contributed by atoms with E-state index in [1.807, 2.05) is 19.9 Å². The molecule has 0 saturated heterocycles. The zero-order valence-corrected chi connectivity index (χ0v) is 6.55. The molecule has 0 heterocycles. The van der Waals surface area contributed by atoms with E-state index < -0.39 is 6.61 Å². The Hall–Kier alpha value is -0.930. The average Bonchev–Trinajstić information content (AvgIpc) is 1.85. The highest BCUT2D eigenvalue weighted by molar-refractivity contribution is 5.46. The standard InChI is InChI=1S/C7H11F2NO/c1-6(2)3-4-10-5-11-7(8)9/h3,5,7H,4H2,1-2H3. The van der Waals surface area contributed by atoms with Crippen LogP contribution in [0, 0.1) is 0 Å². The maximum absolute atomic E-state index is 11.3. The molecule has 0 fully saturated rings. The minimum Gasteiger partial charge on any atom is -0.424 e. The summed E-state index contributed by atoms with van der Waals surface area (Å²) < 4.78 is 26.4. The molecule has 0 unspecified atom stereocenters. The summed E-state index contributed by atoms with van der Waals surface area (Å²) in [6, 6.07) is 0. The van der Waals surface area contributed by atoms with E-state index in [1.54, 1.807) is 0 Å². The molecule has 11 heavy (non-hydrogen) atoms. The van der Waals surface area contributed by atoms with Crippen LogP contribution in [0.5, 0.6) is 0 Å². The lowest BCUT2D eigenvalue weighted by Gasteiger charge is -1.93. The van der Waals surface area contributed by atoms with Crippen LogP contribution in [0.3, 0.4) is 0 Å². The molecular weight excluding hydrogens is 152 g/mol. The van der Waals surface area contributed by atoms with E-state index in [0.717, 1.165) is 12.0 Å². The van der Waals surface area contributed by atoms with Crippen molar-refractivity contribution in [2.24, 2.45) is 4.99 Å². The van der Waals surface area contributed by atoms with Crippen molar-refractivity contribution in [2.75, 3.05) is 6.54 Å². The molecule has 0 aliphatic carbocycles. The van der Waals surface area contributed by atoms with Gasteiger partial charge >= 0.3 is 6.61 Å². The van der Waals surface area contributed by atoms with Crippen LogP contribution in [0.1, 0.15) is 13.8 Å². The number of alkyl halides is 2. The van der Waals surface area contributed by atoms with Gasteiger partial charge in [-0.3, -0.25) is 4.99 Å². The monoisotopic (exact) mass is 163 g/mol. The van der Waals surface area contributed by atoms with Gasteiger partial charge in [-0.25, -0.2) is 0 Å². The molecule has 0 aromatic carbocycles. The minimum absolute atomic E-state index is 0.384. The highest BCUT2D eigenvalue weighted by atomic mass is 19.3. The van der Waals surface area contributed by atoms with Gasteiger partial charge in [-0.1, -0.05) is 11.6 Å². The van der Waals surface area contributed by atoms with Crippen molar-refractivity contribution in [2.45, 2.75) is 20.5 Å². The van der Waals surface area contributed by atoms with E-state index in [4.69, 9.17) is 0 Å². The molecule has 4 heteroatoms. The lowest BCUT2D eigenvalue weighted by Crippen LogP contribution is -1.95. The molecule has 0 N–H and O–H groups in total. The number of ether oxygens (including phenoxy) is 1. The summed E-state index contributed by atoms with van der Waals surface area (Å²) >= 11 is 0. The zero-order valence-electron chi connectivity index (χ0n) is 6.55. The van der Waals surface area contributed by atoms with Gasteiger partial charge in [0.1, 0.15) is 0 Å². The zero-order chi connectivity index (χ0) is 8.69. The Morgan fingerprint density at radius 3 is 2.64 bits per heavy atom. The first kappa shape index (κ1) is 10.1. The Morgan fingerprint density at radius 2 is 2.18 bits per heavy atom. The van der Waals surface area contributed by atoms with Gasteiger partial charge in [-0.15, -0.1) is 0 Å². The Kier molecular flexibility index (Phi) is 5.33. The third-order valence-corrected chi connectivity index (χ3v) is 0.843. The van der Waals surface area contributed by atoms with Crippen LogP contribution in [-0.2, 0) is 4.74 Å². The molecule has 0 bridgehead atoms. The number of rotatable bonds is 4. The topological polar surface area (TPSA) is 21.6 Å². The summed E-state index contributed by atoms with van der Waals surface area (Å²) in [7, 11) is 0. The Morgan fingerprint density at radius 1 is 1.55 bits per heavy atom. The maximum atomic E-state index is 11.3. The van der Waals surface area contributed by atoms with Crippen molar-refractivity contribution in [3.05, 3.63) is 11.6 Å². The van der Waals surface area contributed by atoms with Crippen LogP contribution < -0.4 is 0 Å². The normalized spacial score (nSPS) is 10.6. The van der Waals surface area contributed by atoms with Crippen molar-refractivity contribution in [1.29, 1.82) is 0 Å². The Bertz CT molecular complexity index is 151. The fraction of sp³-hybridized carbons (Fsp3) is 0.571. The van der Waals surface area contributed by atoms with Crippen molar-refractivity contribution in [1.82, 2.24) is 0 Å². The molecule has 64 valence electrons. The predicted molar refractivity (Wildman–Crippen MR) is 39.9 cm³/mol. The van der Waals surface area contributed by atoms with E-state index in [-0.39, 0.29) is 0 Å². The second-order valence-electron chi connectivity index (χ2n) is 2.15. The largest absolute Gasteiger partial charge is 0.424 e. The molecule has 0 aromatic rings. The van der Waals surface area contributed by atoms with E-state index in [0.29, 0.717) is 6.54 Å². The highest BCUT2D eigenvalue weighted by Crippen LogP contribution is 1.91. The van der Waals surface area contributed by atoms with Gasteiger partial charge in [0.2, 0.25) is 0 Å². The van der Waals surface area contributed by atoms with Crippen LogP contribution in [0.15, 0.2) is 16.6 Å². The molecule has 2 nitrogen and oxygen atoms in total. The van der Waals surface area contributed by atoms with Crippen LogP contribution in [0.2, 0.25) is 0 Å². The number of aliphatic imine (C=N–C) groups is 1. The number of allylic oxidation sites excluding steroid dienone is 1. The van der Waals surface area contributed by atoms with Gasteiger partial charge in [0.15, 0.2) is 6.40 Å². The molecule has 0 aliphatic heterocycles. The first-order valence-corrected chi connectivity index (χ1v) is 3.18.